The van der Waals surface area contributed by atoms with E-state index in [-0.39, 0.29) is 17.5 Å². The van der Waals surface area contributed by atoms with Gasteiger partial charge in [0, 0.05) is 16.4 Å². The number of benzene rings is 2. The molecule has 1 aliphatic heterocycles. The van der Waals surface area contributed by atoms with Gasteiger partial charge in [0.25, 0.3) is 11.5 Å². The Morgan fingerprint density at radius 2 is 1.92 bits per heavy atom. The number of aliphatic hydroxyl groups excluding tert-OH is 1. The van der Waals surface area contributed by atoms with Gasteiger partial charge < -0.3 is 15.0 Å². The fourth-order valence-corrected chi connectivity index (χ4v) is 6.27. The van der Waals surface area contributed by atoms with Gasteiger partial charge in [-0.2, -0.15) is 0 Å². The number of rotatable bonds is 5. The van der Waals surface area contributed by atoms with Crippen molar-refractivity contribution in [1.29, 1.82) is 0 Å². The molecule has 2 N–H and O–H groups in total. The molecule has 1 unspecified atom stereocenters. The molecule has 1 amide bonds. The molecule has 1 aliphatic carbocycles. The summed E-state index contributed by atoms with van der Waals surface area (Å²) in [5.74, 6) is 0.319. The third-order valence-corrected chi connectivity index (χ3v) is 8.74. The molecule has 1 atom stereocenters. The van der Waals surface area contributed by atoms with Crippen LogP contribution in [0.4, 0.5) is 0 Å². The number of carbonyl (C=O) groups is 1. The van der Waals surface area contributed by atoms with E-state index >= 15 is 0 Å². The number of halogens is 1. The first-order chi connectivity index (χ1) is 17.9. The molecular formula is C29H26ClN3O3S. The fraction of sp³-hybridized carbons (Fsp3) is 0.276. The van der Waals surface area contributed by atoms with E-state index in [1.165, 1.54) is 4.88 Å². The van der Waals surface area contributed by atoms with Crippen LogP contribution in [0.1, 0.15) is 52.9 Å². The molecule has 0 saturated heterocycles. The molecule has 0 radical (unpaired) electrons. The first-order valence-corrected chi connectivity index (χ1v) is 13.7. The number of aromatic nitrogens is 2. The number of nitrogens with one attached hydrogen (secondary N) is 1. The lowest BCUT2D eigenvalue weighted by molar-refractivity contribution is -0.141. The minimum absolute atomic E-state index is 0.136. The number of aliphatic hydroxyl groups is 1. The molecule has 4 aromatic rings. The first kappa shape index (κ1) is 24.1. The van der Waals surface area contributed by atoms with Crippen LogP contribution >= 0.6 is 22.9 Å². The maximum Gasteiger partial charge on any atom is 0.256 e. The average molecular weight is 532 g/mol. The van der Waals surface area contributed by atoms with Crippen molar-refractivity contribution >= 4 is 28.8 Å². The Hall–Kier alpha value is -3.26. The van der Waals surface area contributed by atoms with E-state index in [2.05, 4.69) is 16.4 Å². The standard InChI is InChI=1S/C29H26ClN3O3S/c30-21-10-8-18(9-11-21)19-4-1-5-20(16-19)25(34)27(36)33-14-2-6-23-22(17-33)26(35)32-28(31-23)29(12-13-29)24-7-3-15-37-24/h1,3-5,7-11,15-16,25,34H,2,6,12-14,17H2,(H,31,32,35). The zero-order chi connectivity index (χ0) is 25.6. The zero-order valence-electron chi connectivity index (χ0n) is 20.1. The highest BCUT2D eigenvalue weighted by molar-refractivity contribution is 7.10. The summed E-state index contributed by atoms with van der Waals surface area (Å²) in [6, 6.07) is 18.9. The molecule has 188 valence electrons. The number of thiophene rings is 1. The second-order valence-corrected chi connectivity index (χ2v) is 11.2. The van der Waals surface area contributed by atoms with Crippen molar-refractivity contribution in [2.75, 3.05) is 6.54 Å². The molecule has 6 nitrogen and oxygen atoms in total. The molecule has 2 aromatic heterocycles. The highest BCUT2D eigenvalue weighted by atomic mass is 35.5. The number of carbonyl (C=O) groups excluding carboxylic acids is 1. The summed E-state index contributed by atoms with van der Waals surface area (Å²) in [5, 5.41) is 13.7. The molecule has 0 spiro atoms. The van der Waals surface area contributed by atoms with E-state index in [1.54, 1.807) is 22.3 Å². The van der Waals surface area contributed by atoms with Crippen molar-refractivity contribution in [2.45, 2.75) is 43.7 Å². The van der Waals surface area contributed by atoms with Crippen LogP contribution in [0, 0.1) is 0 Å². The monoisotopic (exact) mass is 531 g/mol. The van der Waals surface area contributed by atoms with Gasteiger partial charge in [-0.05, 0) is 72.0 Å². The van der Waals surface area contributed by atoms with Crippen LogP contribution in [0.25, 0.3) is 11.1 Å². The topological polar surface area (TPSA) is 86.3 Å². The Labute approximate surface area is 223 Å². The number of H-pyrrole nitrogens is 1. The van der Waals surface area contributed by atoms with Gasteiger partial charge in [0.2, 0.25) is 0 Å². The van der Waals surface area contributed by atoms with Gasteiger partial charge in [-0.25, -0.2) is 4.98 Å². The van der Waals surface area contributed by atoms with Gasteiger partial charge >= 0.3 is 0 Å². The van der Waals surface area contributed by atoms with Gasteiger partial charge in [0.1, 0.15) is 5.82 Å². The third-order valence-electron chi connectivity index (χ3n) is 7.41. The lowest BCUT2D eigenvalue weighted by Crippen LogP contribution is -2.36. The Balaban J connectivity index is 1.24. The summed E-state index contributed by atoms with van der Waals surface area (Å²) in [6.45, 7) is 0.588. The second-order valence-electron chi connectivity index (χ2n) is 9.80. The SMILES string of the molecule is O=C(C(O)c1cccc(-c2ccc(Cl)cc2)c1)N1CCCc2nc(C3(c4cccs4)CC3)[nH]c(=O)c2C1. The maximum absolute atomic E-state index is 13.4. The average Bonchev–Trinajstić information content (AvgIpc) is 3.60. The Morgan fingerprint density at radius 3 is 2.65 bits per heavy atom. The van der Waals surface area contributed by atoms with Crippen LogP contribution in [0.2, 0.25) is 5.02 Å². The molecule has 3 heterocycles. The molecule has 8 heteroatoms. The van der Waals surface area contributed by atoms with Crippen LogP contribution in [0.3, 0.4) is 0 Å². The van der Waals surface area contributed by atoms with Crippen molar-refractivity contribution < 1.29 is 9.90 Å². The number of aryl methyl sites for hydroxylation is 1. The van der Waals surface area contributed by atoms with E-state index in [0.29, 0.717) is 35.5 Å². The lowest BCUT2D eigenvalue weighted by Gasteiger charge is -2.24. The van der Waals surface area contributed by atoms with Gasteiger partial charge in [0.05, 0.1) is 23.2 Å². The molecule has 6 rings (SSSR count). The summed E-state index contributed by atoms with van der Waals surface area (Å²) < 4.78 is 0. The normalized spacial score (nSPS) is 17.1. The summed E-state index contributed by atoms with van der Waals surface area (Å²) in [7, 11) is 0. The minimum Gasteiger partial charge on any atom is -0.378 e. The van der Waals surface area contributed by atoms with E-state index < -0.39 is 12.0 Å². The fourth-order valence-electron chi connectivity index (χ4n) is 5.16. The summed E-state index contributed by atoms with van der Waals surface area (Å²) in [4.78, 5) is 37.3. The van der Waals surface area contributed by atoms with E-state index in [9.17, 15) is 14.7 Å². The van der Waals surface area contributed by atoms with Crippen molar-refractivity contribution in [3.63, 3.8) is 0 Å². The van der Waals surface area contributed by atoms with Crippen molar-refractivity contribution in [3.05, 3.63) is 109 Å². The Morgan fingerprint density at radius 1 is 1.11 bits per heavy atom. The maximum atomic E-state index is 13.4. The summed E-state index contributed by atoms with van der Waals surface area (Å²) >= 11 is 7.70. The third kappa shape index (κ3) is 4.52. The number of nitrogens with zero attached hydrogens (tertiary/aromatic N) is 2. The molecule has 0 bridgehead atoms. The predicted molar refractivity (Wildman–Crippen MR) is 145 cm³/mol. The number of hydrogen-bond donors (Lipinski definition) is 2. The second kappa shape index (κ2) is 9.56. The van der Waals surface area contributed by atoms with Crippen molar-refractivity contribution in [1.82, 2.24) is 14.9 Å². The molecular weight excluding hydrogens is 506 g/mol. The molecule has 2 aromatic carbocycles. The quantitative estimate of drug-likeness (QED) is 0.369. The molecule has 1 saturated carbocycles. The van der Waals surface area contributed by atoms with Crippen molar-refractivity contribution in [2.24, 2.45) is 0 Å². The van der Waals surface area contributed by atoms with E-state index in [1.807, 2.05) is 48.5 Å². The highest BCUT2D eigenvalue weighted by Gasteiger charge is 2.49. The molecule has 1 fully saturated rings. The number of amides is 1. The van der Waals surface area contributed by atoms with Crippen LogP contribution in [-0.2, 0) is 23.2 Å². The van der Waals surface area contributed by atoms with E-state index in [0.717, 1.165) is 35.5 Å². The smallest absolute Gasteiger partial charge is 0.256 e. The van der Waals surface area contributed by atoms with Crippen LogP contribution in [-0.4, -0.2) is 32.4 Å². The zero-order valence-corrected chi connectivity index (χ0v) is 21.7. The highest BCUT2D eigenvalue weighted by Crippen LogP contribution is 2.53. The van der Waals surface area contributed by atoms with Crippen LogP contribution in [0.5, 0.6) is 0 Å². The first-order valence-electron chi connectivity index (χ1n) is 12.4. The minimum atomic E-state index is -1.33. The van der Waals surface area contributed by atoms with Gasteiger partial charge in [-0.15, -0.1) is 11.3 Å². The van der Waals surface area contributed by atoms with E-state index in [4.69, 9.17) is 16.6 Å². The van der Waals surface area contributed by atoms with Crippen molar-refractivity contribution in [3.8, 4) is 11.1 Å². The Kier molecular flexibility index (Phi) is 6.23. The van der Waals surface area contributed by atoms with Crippen LogP contribution in [0.15, 0.2) is 70.8 Å². The number of aromatic amines is 1. The van der Waals surface area contributed by atoms with Gasteiger partial charge in [0.15, 0.2) is 6.10 Å². The van der Waals surface area contributed by atoms with Gasteiger partial charge in [-0.3, -0.25) is 9.59 Å². The molecule has 2 aliphatic rings. The summed E-state index contributed by atoms with van der Waals surface area (Å²) in [6.07, 6.45) is 1.92. The van der Waals surface area contributed by atoms with Gasteiger partial charge in [-0.1, -0.05) is 48.0 Å². The summed E-state index contributed by atoms with van der Waals surface area (Å²) in [5.41, 5.74) is 3.23. The predicted octanol–water partition coefficient (Wildman–Crippen LogP) is 5.24. The molecule has 37 heavy (non-hydrogen) atoms. The number of hydrogen-bond acceptors (Lipinski definition) is 5. The Bertz CT molecular complexity index is 1510. The largest absolute Gasteiger partial charge is 0.378 e. The number of fused-ring (bicyclic) bond motifs is 1. The lowest BCUT2D eigenvalue weighted by atomic mass is 10.00. The van der Waals surface area contributed by atoms with Crippen LogP contribution < -0.4 is 5.56 Å².